The summed E-state index contributed by atoms with van der Waals surface area (Å²) in [5.74, 6) is 0. The summed E-state index contributed by atoms with van der Waals surface area (Å²) in [6, 6.07) is 0. The second kappa shape index (κ2) is 3.07. The van der Waals surface area contributed by atoms with Gasteiger partial charge in [0.05, 0.1) is 5.69 Å². The maximum absolute atomic E-state index is 5.72. The fourth-order valence-electron chi connectivity index (χ4n) is 1.54. The summed E-state index contributed by atoms with van der Waals surface area (Å²) in [5.41, 5.74) is 1.99. The minimum atomic E-state index is 0.161. The number of aromatic amines is 1. The SMILES string of the molecule is Cc1[nH]c(Cl)nc1C1CCCO1. The third-order valence-electron chi connectivity index (χ3n) is 2.13. The summed E-state index contributed by atoms with van der Waals surface area (Å²) in [6.07, 6.45) is 2.34. The molecule has 0 aliphatic carbocycles. The van der Waals surface area contributed by atoms with Gasteiger partial charge < -0.3 is 9.72 Å². The first kappa shape index (κ1) is 8.08. The van der Waals surface area contributed by atoms with Crippen molar-refractivity contribution >= 4 is 11.6 Å². The molecule has 4 heteroatoms. The van der Waals surface area contributed by atoms with Gasteiger partial charge in [0.1, 0.15) is 6.10 Å². The number of aromatic nitrogens is 2. The Labute approximate surface area is 76.1 Å². The van der Waals surface area contributed by atoms with Crippen LogP contribution in [0.3, 0.4) is 0 Å². The van der Waals surface area contributed by atoms with Crippen molar-refractivity contribution in [2.24, 2.45) is 0 Å². The van der Waals surface area contributed by atoms with Crippen molar-refractivity contribution in [1.82, 2.24) is 9.97 Å². The van der Waals surface area contributed by atoms with Crippen molar-refractivity contribution < 1.29 is 4.74 Å². The monoisotopic (exact) mass is 186 g/mol. The minimum absolute atomic E-state index is 0.161. The summed E-state index contributed by atoms with van der Waals surface area (Å²) in [4.78, 5) is 7.14. The number of nitrogens with zero attached hydrogens (tertiary/aromatic N) is 1. The highest BCUT2D eigenvalue weighted by molar-refractivity contribution is 6.28. The van der Waals surface area contributed by atoms with Crippen molar-refractivity contribution in [1.29, 1.82) is 0 Å². The summed E-state index contributed by atoms with van der Waals surface area (Å²) in [6.45, 7) is 2.81. The maximum Gasteiger partial charge on any atom is 0.200 e. The van der Waals surface area contributed by atoms with E-state index in [0.29, 0.717) is 5.28 Å². The number of H-pyrrole nitrogens is 1. The molecule has 0 amide bonds. The van der Waals surface area contributed by atoms with Crippen molar-refractivity contribution in [2.75, 3.05) is 6.61 Å². The van der Waals surface area contributed by atoms with Crippen LogP contribution in [-0.4, -0.2) is 16.6 Å². The molecular formula is C8H11ClN2O. The van der Waals surface area contributed by atoms with Crippen LogP contribution in [-0.2, 0) is 4.74 Å². The van der Waals surface area contributed by atoms with Gasteiger partial charge in [-0.2, -0.15) is 0 Å². The first-order valence-electron chi connectivity index (χ1n) is 4.11. The molecule has 0 saturated carbocycles. The number of hydrogen-bond acceptors (Lipinski definition) is 2. The molecule has 2 rings (SSSR count). The highest BCUT2D eigenvalue weighted by Crippen LogP contribution is 2.29. The van der Waals surface area contributed by atoms with Crippen LogP contribution in [0, 0.1) is 6.92 Å². The number of nitrogens with one attached hydrogen (secondary N) is 1. The molecule has 1 fully saturated rings. The Bertz CT molecular complexity index is 279. The van der Waals surface area contributed by atoms with Gasteiger partial charge in [0, 0.05) is 12.3 Å². The molecule has 1 aliphatic heterocycles. The summed E-state index contributed by atoms with van der Waals surface area (Å²) < 4.78 is 5.49. The van der Waals surface area contributed by atoms with Gasteiger partial charge >= 0.3 is 0 Å². The Morgan fingerprint density at radius 2 is 2.50 bits per heavy atom. The Morgan fingerprint density at radius 3 is 3.00 bits per heavy atom. The van der Waals surface area contributed by atoms with Crippen molar-refractivity contribution in [3.8, 4) is 0 Å². The van der Waals surface area contributed by atoms with Gasteiger partial charge in [0.2, 0.25) is 5.28 Å². The van der Waals surface area contributed by atoms with Gasteiger partial charge in [-0.1, -0.05) is 0 Å². The number of ether oxygens (including phenoxy) is 1. The van der Waals surface area contributed by atoms with E-state index in [1.165, 1.54) is 0 Å². The lowest BCUT2D eigenvalue weighted by Crippen LogP contribution is -1.97. The normalized spacial score (nSPS) is 23.3. The number of rotatable bonds is 1. The number of aryl methyl sites for hydroxylation is 1. The first-order chi connectivity index (χ1) is 5.77. The van der Waals surface area contributed by atoms with E-state index in [-0.39, 0.29) is 6.10 Å². The van der Waals surface area contributed by atoms with E-state index < -0.39 is 0 Å². The van der Waals surface area contributed by atoms with Gasteiger partial charge in [-0.05, 0) is 31.4 Å². The van der Waals surface area contributed by atoms with Crippen LogP contribution in [0.1, 0.15) is 30.3 Å². The van der Waals surface area contributed by atoms with Crippen LogP contribution in [0.15, 0.2) is 0 Å². The number of halogens is 1. The van der Waals surface area contributed by atoms with E-state index in [2.05, 4.69) is 9.97 Å². The topological polar surface area (TPSA) is 37.9 Å². The zero-order valence-electron chi connectivity index (χ0n) is 6.93. The largest absolute Gasteiger partial charge is 0.372 e. The number of imidazole rings is 1. The molecule has 2 heterocycles. The fraction of sp³-hybridized carbons (Fsp3) is 0.625. The zero-order chi connectivity index (χ0) is 8.55. The molecule has 1 atom stereocenters. The highest BCUT2D eigenvalue weighted by Gasteiger charge is 2.22. The Morgan fingerprint density at radius 1 is 1.67 bits per heavy atom. The van der Waals surface area contributed by atoms with Gasteiger partial charge in [0.25, 0.3) is 0 Å². The molecule has 1 aromatic heterocycles. The van der Waals surface area contributed by atoms with Crippen LogP contribution in [0.4, 0.5) is 0 Å². The third-order valence-corrected chi connectivity index (χ3v) is 2.31. The van der Waals surface area contributed by atoms with Gasteiger partial charge in [-0.15, -0.1) is 0 Å². The van der Waals surface area contributed by atoms with Gasteiger partial charge in [-0.3, -0.25) is 0 Å². The second-order valence-corrected chi connectivity index (χ2v) is 3.40. The molecule has 1 aliphatic rings. The van der Waals surface area contributed by atoms with Crippen molar-refractivity contribution in [3.63, 3.8) is 0 Å². The highest BCUT2D eigenvalue weighted by atomic mass is 35.5. The molecule has 0 aromatic carbocycles. The summed E-state index contributed by atoms with van der Waals surface area (Å²) >= 11 is 5.72. The Hall–Kier alpha value is -0.540. The van der Waals surface area contributed by atoms with E-state index in [9.17, 15) is 0 Å². The summed E-state index contributed by atoms with van der Waals surface area (Å²) in [5, 5.41) is 0.456. The van der Waals surface area contributed by atoms with Gasteiger partial charge in [-0.25, -0.2) is 4.98 Å². The third kappa shape index (κ3) is 1.34. The van der Waals surface area contributed by atoms with Crippen LogP contribution in [0.2, 0.25) is 5.28 Å². The Kier molecular flexibility index (Phi) is 2.07. The second-order valence-electron chi connectivity index (χ2n) is 3.04. The molecule has 3 nitrogen and oxygen atoms in total. The van der Waals surface area contributed by atoms with E-state index >= 15 is 0 Å². The lowest BCUT2D eigenvalue weighted by molar-refractivity contribution is 0.108. The molecule has 1 unspecified atom stereocenters. The lowest BCUT2D eigenvalue weighted by Gasteiger charge is -2.05. The maximum atomic E-state index is 5.72. The molecule has 0 spiro atoms. The standard InChI is InChI=1S/C8H11ClN2O/c1-5-7(11-8(9)10-5)6-3-2-4-12-6/h6H,2-4H2,1H3,(H,10,11). The molecule has 12 heavy (non-hydrogen) atoms. The quantitative estimate of drug-likeness (QED) is 0.731. The average Bonchev–Trinajstić information content (AvgIpc) is 2.58. The van der Waals surface area contributed by atoms with Crippen LogP contribution < -0.4 is 0 Å². The lowest BCUT2D eigenvalue weighted by atomic mass is 10.1. The van der Waals surface area contributed by atoms with Crippen LogP contribution in [0.5, 0.6) is 0 Å². The minimum Gasteiger partial charge on any atom is -0.372 e. The number of hydrogen-bond donors (Lipinski definition) is 1. The van der Waals surface area contributed by atoms with Gasteiger partial charge in [0.15, 0.2) is 0 Å². The fourth-order valence-corrected chi connectivity index (χ4v) is 1.78. The average molecular weight is 187 g/mol. The van der Waals surface area contributed by atoms with E-state index in [4.69, 9.17) is 16.3 Å². The van der Waals surface area contributed by atoms with E-state index in [1.807, 2.05) is 6.92 Å². The molecule has 0 radical (unpaired) electrons. The van der Waals surface area contributed by atoms with Crippen LogP contribution in [0.25, 0.3) is 0 Å². The van der Waals surface area contributed by atoms with E-state index in [1.54, 1.807) is 0 Å². The molecule has 0 bridgehead atoms. The molecule has 1 N–H and O–H groups in total. The van der Waals surface area contributed by atoms with E-state index in [0.717, 1.165) is 30.8 Å². The predicted octanol–water partition coefficient (Wildman–Crippen LogP) is 2.22. The molecule has 1 saturated heterocycles. The molecule has 1 aromatic rings. The van der Waals surface area contributed by atoms with Crippen LogP contribution >= 0.6 is 11.6 Å². The smallest absolute Gasteiger partial charge is 0.200 e. The summed E-state index contributed by atoms with van der Waals surface area (Å²) in [7, 11) is 0. The molecule has 66 valence electrons. The molecular weight excluding hydrogens is 176 g/mol. The predicted molar refractivity (Wildman–Crippen MR) is 46.3 cm³/mol. The zero-order valence-corrected chi connectivity index (χ0v) is 7.69. The first-order valence-corrected chi connectivity index (χ1v) is 4.49. The van der Waals surface area contributed by atoms with Crippen molar-refractivity contribution in [3.05, 3.63) is 16.7 Å². The van der Waals surface area contributed by atoms with Crippen molar-refractivity contribution in [2.45, 2.75) is 25.9 Å². The Balaban J connectivity index is 2.25.